The van der Waals surface area contributed by atoms with Gasteiger partial charge in [0.15, 0.2) is 17.5 Å². The van der Waals surface area contributed by atoms with Gasteiger partial charge < -0.3 is 9.32 Å². The Morgan fingerprint density at radius 2 is 1.09 bits per heavy atom. The van der Waals surface area contributed by atoms with E-state index in [4.69, 9.17) is 25.8 Å². The Balaban J connectivity index is 1.18. The van der Waals surface area contributed by atoms with Gasteiger partial charge in [0, 0.05) is 44.5 Å². The van der Waals surface area contributed by atoms with Crippen LogP contribution in [0.3, 0.4) is 0 Å². The van der Waals surface area contributed by atoms with Crippen LogP contribution in [0.1, 0.15) is 12.7 Å². The molecule has 0 unspecified atom stereocenters. The number of hydrogen-bond donors (Lipinski definition) is 0. The molecule has 0 bridgehead atoms. The first-order chi connectivity index (χ1) is 28.2. The van der Waals surface area contributed by atoms with Crippen molar-refractivity contribution in [2.75, 3.05) is 4.90 Å². The van der Waals surface area contributed by atoms with Gasteiger partial charge in [-0.05, 0) is 89.9 Å². The SMILES string of the molecule is C#C/C=C(\C=C/C)c1nc(-c2ccccc2)nc(-c2cc(-c3ccc(N(c4ccccc4)c4ccc(-c5ccccc5)cc4)cc3)cc3oc4ccccc4c23)n1. The molecular formula is C52H36N4O. The second-order valence-electron chi connectivity index (χ2n) is 13.6. The number of aromatic nitrogens is 3. The van der Waals surface area contributed by atoms with Crippen LogP contribution in [0.4, 0.5) is 17.1 Å². The molecule has 57 heavy (non-hydrogen) atoms. The smallest absolute Gasteiger partial charge is 0.164 e. The highest BCUT2D eigenvalue weighted by molar-refractivity contribution is 6.13. The third-order valence-electron chi connectivity index (χ3n) is 9.94. The number of allylic oxidation sites excluding steroid dienone is 4. The van der Waals surface area contributed by atoms with Crippen LogP contribution in [0.5, 0.6) is 0 Å². The average molecular weight is 733 g/mol. The molecule has 0 aliphatic carbocycles. The minimum atomic E-state index is 0.489. The molecule has 9 aromatic rings. The van der Waals surface area contributed by atoms with Crippen LogP contribution in [-0.2, 0) is 0 Å². The van der Waals surface area contributed by atoms with Crippen LogP contribution < -0.4 is 4.90 Å². The van der Waals surface area contributed by atoms with Crippen molar-refractivity contribution in [1.82, 2.24) is 15.0 Å². The van der Waals surface area contributed by atoms with Crippen molar-refractivity contribution < 1.29 is 4.42 Å². The lowest BCUT2D eigenvalue weighted by Gasteiger charge is -2.26. The molecule has 7 aromatic carbocycles. The summed E-state index contributed by atoms with van der Waals surface area (Å²) in [6, 6.07) is 60.5. The van der Waals surface area contributed by atoms with Gasteiger partial charge in [-0.2, -0.15) is 0 Å². The third-order valence-corrected chi connectivity index (χ3v) is 9.94. The highest BCUT2D eigenvalue weighted by Gasteiger charge is 2.20. The number of rotatable bonds is 9. The lowest BCUT2D eigenvalue weighted by atomic mass is 9.97. The second-order valence-corrected chi connectivity index (χ2v) is 13.6. The van der Waals surface area contributed by atoms with Crippen LogP contribution in [0.25, 0.3) is 72.5 Å². The summed E-state index contributed by atoms with van der Waals surface area (Å²) in [7, 11) is 0. The van der Waals surface area contributed by atoms with Crippen LogP contribution in [0, 0.1) is 12.3 Å². The summed E-state index contributed by atoms with van der Waals surface area (Å²) >= 11 is 0. The number of para-hydroxylation sites is 2. The fraction of sp³-hybridized carbons (Fsp3) is 0.0192. The molecule has 0 saturated heterocycles. The first-order valence-corrected chi connectivity index (χ1v) is 18.8. The Kier molecular flexibility index (Phi) is 9.50. The standard InChI is InChI=1S/C52H36N4O/c1-3-16-39(17-4-2)50-53-51(40-20-10-6-11-21-40)55-52(54-50)46-34-41(35-48-49(46)45-24-14-15-25-47(45)57-48)38-28-32-44(33-29-38)56(42-22-12-7-13-23-42)43-30-26-37(27-31-43)36-18-8-5-9-19-36/h1,4-35H,2H3/b17-4-,39-16+. The number of anilines is 3. The van der Waals surface area contributed by atoms with E-state index < -0.39 is 0 Å². The fourth-order valence-electron chi connectivity index (χ4n) is 7.26. The summed E-state index contributed by atoms with van der Waals surface area (Å²) in [6.45, 7) is 1.95. The van der Waals surface area contributed by atoms with Crippen molar-refractivity contribution in [3.63, 3.8) is 0 Å². The van der Waals surface area contributed by atoms with E-state index in [9.17, 15) is 0 Å². The van der Waals surface area contributed by atoms with E-state index in [0.717, 1.165) is 66.8 Å². The fourth-order valence-corrected chi connectivity index (χ4v) is 7.26. The molecule has 0 aliphatic rings. The van der Waals surface area contributed by atoms with Crippen molar-refractivity contribution in [2.24, 2.45) is 0 Å². The number of nitrogens with zero attached hydrogens (tertiary/aromatic N) is 4. The van der Waals surface area contributed by atoms with Crippen LogP contribution >= 0.6 is 0 Å². The molecule has 9 rings (SSSR count). The molecule has 0 N–H and O–H groups in total. The van der Waals surface area contributed by atoms with Gasteiger partial charge in [0.2, 0.25) is 0 Å². The predicted octanol–water partition coefficient (Wildman–Crippen LogP) is 13.5. The van der Waals surface area contributed by atoms with Crippen molar-refractivity contribution in [1.29, 1.82) is 0 Å². The van der Waals surface area contributed by atoms with Gasteiger partial charge in [0.1, 0.15) is 11.2 Å². The summed E-state index contributed by atoms with van der Waals surface area (Å²) in [5, 5.41) is 1.92. The lowest BCUT2D eigenvalue weighted by Crippen LogP contribution is -2.09. The molecule has 0 atom stereocenters. The highest BCUT2D eigenvalue weighted by Crippen LogP contribution is 2.41. The van der Waals surface area contributed by atoms with Gasteiger partial charge >= 0.3 is 0 Å². The number of fused-ring (bicyclic) bond motifs is 3. The Morgan fingerprint density at radius 3 is 1.74 bits per heavy atom. The Hall–Kier alpha value is -7.81. The molecule has 2 heterocycles. The van der Waals surface area contributed by atoms with Gasteiger partial charge in [-0.3, -0.25) is 0 Å². The lowest BCUT2D eigenvalue weighted by molar-refractivity contribution is 0.669. The normalized spacial score (nSPS) is 11.6. The zero-order valence-corrected chi connectivity index (χ0v) is 31.2. The topological polar surface area (TPSA) is 55.1 Å². The summed E-state index contributed by atoms with van der Waals surface area (Å²) in [6.07, 6.45) is 11.3. The molecule has 0 fully saturated rings. The zero-order valence-electron chi connectivity index (χ0n) is 31.2. The molecular weight excluding hydrogens is 697 g/mol. The molecule has 2 aromatic heterocycles. The molecule has 0 spiro atoms. The van der Waals surface area contributed by atoms with Gasteiger partial charge in [0.05, 0.1) is 0 Å². The molecule has 270 valence electrons. The van der Waals surface area contributed by atoms with E-state index in [1.807, 2.05) is 79.7 Å². The molecule has 0 saturated carbocycles. The first-order valence-electron chi connectivity index (χ1n) is 18.8. The first kappa shape index (κ1) is 34.9. The van der Waals surface area contributed by atoms with Crippen molar-refractivity contribution in [3.8, 4) is 57.4 Å². The minimum absolute atomic E-state index is 0.489. The molecule has 0 radical (unpaired) electrons. The maximum absolute atomic E-state index is 6.54. The maximum Gasteiger partial charge on any atom is 0.164 e. The minimum Gasteiger partial charge on any atom is -0.456 e. The van der Waals surface area contributed by atoms with E-state index in [-0.39, 0.29) is 0 Å². The van der Waals surface area contributed by atoms with E-state index in [2.05, 4.69) is 126 Å². The van der Waals surface area contributed by atoms with E-state index in [1.54, 1.807) is 6.08 Å². The second kappa shape index (κ2) is 15.5. The van der Waals surface area contributed by atoms with Gasteiger partial charge in [-0.1, -0.05) is 139 Å². The third kappa shape index (κ3) is 7.00. The maximum atomic E-state index is 6.54. The van der Waals surface area contributed by atoms with Crippen LogP contribution in [0.2, 0.25) is 0 Å². The predicted molar refractivity (Wildman–Crippen MR) is 235 cm³/mol. The highest BCUT2D eigenvalue weighted by atomic mass is 16.3. The van der Waals surface area contributed by atoms with E-state index in [0.29, 0.717) is 17.5 Å². The zero-order chi connectivity index (χ0) is 38.6. The van der Waals surface area contributed by atoms with E-state index >= 15 is 0 Å². The molecule has 5 heteroatoms. The Bertz CT molecular complexity index is 2940. The summed E-state index contributed by atoms with van der Waals surface area (Å²) in [5.41, 5.74) is 11.5. The summed E-state index contributed by atoms with van der Waals surface area (Å²) in [5.74, 6) is 4.23. The largest absolute Gasteiger partial charge is 0.456 e. The molecule has 0 amide bonds. The Labute approximate surface area is 332 Å². The quantitative estimate of drug-likeness (QED) is 0.109. The number of furan rings is 1. The monoisotopic (exact) mass is 732 g/mol. The van der Waals surface area contributed by atoms with Crippen LogP contribution in [-0.4, -0.2) is 15.0 Å². The van der Waals surface area contributed by atoms with Gasteiger partial charge in [-0.25, -0.2) is 15.0 Å². The Morgan fingerprint density at radius 1 is 0.544 bits per heavy atom. The molecule has 5 nitrogen and oxygen atoms in total. The average Bonchev–Trinajstić information content (AvgIpc) is 3.66. The number of hydrogen-bond acceptors (Lipinski definition) is 5. The van der Waals surface area contributed by atoms with Gasteiger partial charge in [-0.15, -0.1) is 6.42 Å². The molecule has 0 aliphatic heterocycles. The van der Waals surface area contributed by atoms with Crippen LogP contribution in [0.15, 0.2) is 199 Å². The van der Waals surface area contributed by atoms with Crippen molar-refractivity contribution in [2.45, 2.75) is 6.92 Å². The van der Waals surface area contributed by atoms with Crippen molar-refractivity contribution >= 4 is 44.6 Å². The van der Waals surface area contributed by atoms with Crippen molar-refractivity contribution in [3.05, 3.63) is 200 Å². The number of benzene rings is 7. The van der Waals surface area contributed by atoms with E-state index in [1.165, 1.54) is 11.1 Å². The summed E-state index contributed by atoms with van der Waals surface area (Å²) < 4.78 is 6.54. The van der Waals surface area contributed by atoms with Gasteiger partial charge in [0.25, 0.3) is 0 Å². The number of terminal acetylenes is 1. The summed E-state index contributed by atoms with van der Waals surface area (Å²) in [4.78, 5) is 17.4.